The summed E-state index contributed by atoms with van der Waals surface area (Å²) in [5.41, 5.74) is 1.15. The fraction of sp³-hybridized carbons (Fsp3) is 0.538. The van der Waals surface area contributed by atoms with Crippen LogP contribution in [0, 0.1) is 5.92 Å². The van der Waals surface area contributed by atoms with Gasteiger partial charge in [0.1, 0.15) is 0 Å². The molecule has 16 heavy (non-hydrogen) atoms. The molecule has 0 amide bonds. The molecule has 1 saturated carbocycles. The quantitative estimate of drug-likeness (QED) is 0.741. The van der Waals surface area contributed by atoms with Gasteiger partial charge in [-0.1, -0.05) is 40.9 Å². The van der Waals surface area contributed by atoms with Crippen LogP contribution in [-0.4, -0.2) is 13.7 Å². The third-order valence-electron chi connectivity index (χ3n) is 2.89. The molecule has 0 aliphatic heterocycles. The van der Waals surface area contributed by atoms with Crippen LogP contribution in [0.25, 0.3) is 0 Å². The minimum atomic E-state index is 0.795. The smallest absolute Gasteiger partial charge is 0.165 e. The topological polar surface area (TPSA) is 18.5 Å². The maximum absolute atomic E-state index is 5.85. The molecule has 0 spiro atoms. The van der Waals surface area contributed by atoms with Crippen LogP contribution >= 0.6 is 15.9 Å². The van der Waals surface area contributed by atoms with Crippen molar-refractivity contribution >= 4 is 15.9 Å². The Morgan fingerprint density at radius 1 is 1.38 bits per heavy atom. The molecule has 88 valence electrons. The summed E-state index contributed by atoms with van der Waals surface area (Å²) in [7, 11) is 1.68. The molecule has 0 atom stereocenters. The van der Waals surface area contributed by atoms with Gasteiger partial charge in [0.2, 0.25) is 0 Å². The number of halogens is 1. The molecule has 2 rings (SSSR count). The normalized spacial score (nSPS) is 14.9. The largest absolute Gasteiger partial charge is 0.493 e. The van der Waals surface area contributed by atoms with Gasteiger partial charge in [0.25, 0.3) is 0 Å². The van der Waals surface area contributed by atoms with E-state index in [4.69, 9.17) is 9.47 Å². The second-order valence-electron chi connectivity index (χ2n) is 4.16. The van der Waals surface area contributed by atoms with Gasteiger partial charge in [-0.2, -0.15) is 0 Å². The lowest BCUT2D eigenvalue weighted by molar-refractivity contribution is 0.281. The summed E-state index contributed by atoms with van der Waals surface area (Å²) in [5.74, 6) is 2.62. The highest BCUT2D eigenvalue weighted by Gasteiger charge is 2.21. The van der Waals surface area contributed by atoms with E-state index < -0.39 is 0 Å². The zero-order chi connectivity index (χ0) is 11.4. The molecule has 1 aromatic carbocycles. The van der Waals surface area contributed by atoms with E-state index in [2.05, 4.69) is 22.0 Å². The van der Waals surface area contributed by atoms with Gasteiger partial charge < -0.3 is 9.47 Å². The number of methoxy groups -OCH3 is 1. The van der Waals surface area contributed by atoms with E-state index in [-0.39, 0.29) is 0 Å². The summed E-state index contributed by atoms with van der Waals surface area (Å²) in [4.78, 5) is 0. The van der Waals surface area contributed by atoms with Gasteiger partial charge >= 0.3 is 0 Å². The molecule has 1 fully saturated rings. The Labute approximate surface area is 105 Å². The second kappa shape index (κ2) is 5.58. The molecule has 2 nitrogen and oxygen atoms in total. The summed E-state index contributed by atoms with van der Waals surface area (Å²) >= 11 is 3.47. The highest BCUT2D eigenvalue weighted by atomic mass is 79.9. The van der Waals surface area contributed by atoms with E-state index in [1.165, 1.54) is 19.3 Å². The number of hydrogen-bond acceptors (Lipinski definition) is 2. The molecular formula is C13H17BrO2. The van der Waals surface area contributed by atoms with Crippen LogP contribution in [0.2, 0.25) is 0 Å². The summed E-state index contributed by atoms with van der Waals surface area (Å²) in [5, 5.41) is 0.795. The summed E-state index contributed by atoms with van der Waals surface area (Å²) in [6.07, 6.45) is 3.92. The summed E-state index contributed by atoms with van der Waals surface area (Å²) < 4.78 is 11.2. The summed E-state index contributed by atoms with van der Waals surface area (Å²) in [6.45, 7) is 0.797. The minimum absolute atomic E-state index is 0.795. The highest BCUT2D eigenvalue weighted by Crippen LogP contribution is 2.35. The van der Waals surface area contributed by atoms with Crippen LogP contribution in [0.3, 0.4) is 0 Å². The van der Waals surface area contributed by atoms with Crippen molar-refractivity contribution in [3.05, 3.63) is 23.8 Å². The van der Waals surface area contributed by atoms with E-state index in [1.54, 1.807) is 7.11 Å². The summed E-state index contributed by atoms with van der Waals surface area (Å²) in [6, 6.07) is 5.99. The first-order valence-electron chi connectivity index (χ1n) is 5.69. The van der Waals surface area contributed by atoms with Crippen LogP contribution < -0.4 is 9.47 Å². The molecule has 0 heterocycles. The van der Waals surface area contributed by atoms with Crippen molar-refractivity contribution in [3.8, 4) is 11.5 Å². The van der Waals surface area contributed by atoms with Crippen LogP contribution in [0.1, 0.15) is 24.8 Å². The second-order valence-corrected chi connectivity index (χ2v) is 4.72. The standard InChI is InChI=1S/C13H17BrO2/c1-15-12-4-2-3-11(9-14)13(12)16-8-7-10-5-6-10/h2-4,10H,5-9H2,1H3. The van der Waals surface area contributed by atoms with Gasteiger partial charge in [0, 0.05) is 10.9 Å². The number of hydrogen-bond donors (Lipinski definition) is 0. The molecule has 0 radical (unpaired) electrons. The number of rotatable bonds is 6. The van der Waals surface area contributed by atoms with Crippen LogP contribution in [-0.2, 0) is 5.33 Å². The molecule has 0 bridgehead atoms. The predicted octanol–water partition coefficient (Wildman–Crippen LogP) is 3.77. The Morgan fingerprint density at radius 2 is 2.19 bits per heavy atom. The SMILES string of the molecule is COc1cccc(CBr)c1OCCC1CC1. The average molecular weight is 285 g/mol. The number of para-hydroxylation sites is 1. The molecule has 0 unspecified atom stereocenters. The Kier molecular flexibility index (Phi) is 4.10. The Bertz CT molecular complexity index is 326. The van der Waals surface area contributed by atoms with E-state index in [9.17, 15) is 0 Å². The lowest BCUT2D eigenvalue weighted by Gasteiger charge is -2.13. The first kappa shape index (κ1) is 11.8. The number of benzene rings is 1. The van der Waals surface area contributed by atoms with Crippen LogP contribution in [0.15, 0.2) is 18.2 Å². The van der Waals surface area contributed by atoms with Crippen molar-refractivity contribution < 1.29 is 9.47 Å². The van der Waals surface area contributed by atoms with E-state index in [0.717, 1.165) is 34.9 Å². The predicted molar refractivity (Wildman–Crippen MR) is 68.5 cm³/mol. The Hall–Kier alpha value is -0.700. The van der Waals surface area contributed by atoms with Crippen molar-refractivity contribution in [1.29, 1.82) is 0 Å². The fourth-order valence-corrected chi connectivity index (χ4v) is 2.17. The molecule has 3 heteroatoms. The van der Waals surface area contributed by atoms with Gasteiger partial charge in [0.15, 0.2) is 11.5 Å². The molecular weight excluding hydrogens is 268 g/mol. The molecule has 0 saturated heterocycles. The fourth-order valence-electron chi connectivity index (χ4n) is 1.73. The lowest BCUT2D eigenvalue weighted by atomic mass is 10.2. The Balaban J connectivity index is 2.02. The molecule has 1 aliphatic rings. The first-order chi connectivity index (χ1) is 7.85. The maximum atomic E-state index is 5.85. The van der Waals surface area contributed by atoms with E-state index >= 15 is 0 Å². The van der Waals surface area contributed by atoms with Crippen molar-refractivity contribution in [2.45, 2.75) is 24.6 Å². The van der Waals surface area contributed by atoms with Crippen LogP contribution in [0.4, 0.5) is 0 Å². The number of ether oxygens (including phenoxy) is 2. The zero-order valence-electron chi connectivity index (χ0n) is 9.54. The molecule has 1 aromatic rings. The molecule has 1 aliphatic carbocycles. The number of alkyl halides is 1. The average Bonchev–Trinajstić information content (AvgIpc) is 3.13. The van der Waals surface area contributed by atoms with Crippen molar-refractivity contribution in [2.75, 3.05) is 13.7 Å². The van der Waals surface area contributed by atoms with Gasteiger partial charge in [-0.3, -0.25) is 0 Å². The van der Waals surface area contributed by atoms with Crippen LogP contribution in [0.5, 0.6) is 11.5 Å². The third kappa shape index (κ3) is 2.91. The van der Waals surface area contributed by atoms with E-state index in [1.807, 2.05) is 12.1 Å². The maximum Gasteiger partial charge on any atom is 0.165 e. The third-order valence-corrected chi connectivity index (χ3v) is 3.50. The Morgan fingerprint density at radius 3 is 2.81 bits per heavy atom. The van der Waals surface area contributed by atoms with Gasteiger partial charge in [-0.15, -0.1) is 0 Å². The monoisotopic (exact) mass is 284 g/mol. The molecule has 0 N–H and O–H groups in total. The van der Waals surface area contributed by atoms with Gasteiger partial charge in [-0.25, -0.2) is 0 Å². The zero-order valence-corrected chi connectivity index (χ0v) is 11.1. The van der Waals surface area contributed by atoms with E-state index in [0.29, 0.717) is 0 Å². The minimum Gasteiger partial charge on any atom is -0.493 e. The van der Waals surface area contributed by atoms with Gasteiger partial charge in [-0.05, 0) is 18.4 Å². The van der Waals surface area contributed by atoms with Crippen molar-refractivity contribution in [1.82, 2.24) is 0 Å². The first-order valence-corrected chi connectivity index (χ1v) is 6.82. The lowest BCUT2D eigenvalue weighted by Crippen LogP contribution is -2.02. The molecule has 0 aromatic heterocycles. The highest BCUT2D eigenvalue weighted by molar-refractivity contribution is 9.08. The van der Waals surface area contributed by atoms with Gasteiger partial charge in [0.05, 0.1) is 13.7 Å². The van der Waals surface area contributed by atoms with Crippen molar-refractivity contribution in [2.24, 2.45) is 5.92 Å². The van der Waals surface area contributed by atoms with Crippen molar-refractivity contribution in [3.63, 3.8) is 0 Å².